The maximum Gasteiger partial charge on any atom is 0.0931 e. The van der Waals surface area contributed by atoms with Crippen molar-refractivity contribution in [2.24, 2.45) is 0 Å². The normalized spacial score (nSPS) is 10.2. The molecule has 0 spiro atoms. The predicted octanol–water partition coefficient (Wildman–Crippen LogP) is 0.813. The molecule has 1 aromatic rings. The largest absolute Gasteiger partial charge is 0.345 e. The smallest absolute Gasteiger partial charge is 0.0931 e. The van der Waals surface area contributed by atoms with Crippen molar-refractivity contribution in [2.45, 2.75) is 13.8 Å². The van der Waals surface area contributed by atoms with E-state index < -0.39 is 0 Å². The molecule has 0 aliphatic heterocycles. The molecule has 0 amide bonds. The van der Waals surface area contributed by atoms with Crippen molar-refractivity contribution in [1.82, 2.24) is 9.97 Å². The van der Waals surface area contributed by atoms with E-state index in [1.807, 2.05) is 13.8 Å². The van der Waals surface area contributed by atoms with Gasteiger partial charge in [0.15, 0.2) is 0 Å². The molecule has 0 radical (unpaired) electrons. The van der Waals surface area contributed by atoms with Crippen molar-refractivity contribution in [3.8, 4) is 0 Å². The lowest BCUT2D eigenvalue weighted by Crippen LogP contribution is -2.21. The number of H-pyrrole nitrogens is 1. The second-order valence-corrected chi connectivity index (χ2v) is 1.67. The van der Waals surface area contributed by atoms with Crippen LogP contribution in [0.4, 0.5) is 0 Å². The van der Waals surface area contributed by atoms with Crippen molar-refractivity contribution in [2.75, 3.05) is 0 Å². The van der Waals surface area contributed by atoms with Crippen molar-refractivity contribution in [3.05, 3.63) is 29.7 Å². The highest BCUT2D eigenvalue weighted by Crippen LogP contribution is 1.59. The van der Waals surface area contributed by atoms with Gasteiger partial charge in [-0.2, -0.15) is 0 Å². The first kappa shape index (κ1) is 9.69. The van der Waals surface area contributed by atoms with E-state index in [-0.39, 0.29) is 0 Å². The number of imidazole rings is 1. The number of hydrogen-bond acceptors (Lipinski definition) is 1. The molecule has 0 saturated carbocycles. The number of aromatic amines is 1. The quantitative estimate of drug-likeness (QED) is 0.630. The molecule has 0 bridgehead atoms. The van der Waals surface area contributed by atoms with E-state index in [0.717, 1.165) is 10.7 Å². The minimum Gasteiger partial charge on any atom is -0.345 e. The third kappa shape index (κ3) is 2.85. The lowest BCUT2D eigenvalue weighted by molar-refractivity contribution is 1.29. The monoisotopic (exact) mass is 150 g/mol. The summed E-state index contributed by atoms with van der Waals surface area (Å²) in [5, 5.41) is 1.68. The second-order valence-electron chi connectivity index (χ2n) is 1.67. The van der Waals surface area contributed by atoms with E-state index in [0.29, 0.717) is 0 Å². The van der Waals surface area contributed by atoms with Crippen LogP contribution in [0.3, 0.4) is 0 Å². The molecule has 0 fully saturated rings. The van der Waals surface area contributed by atoms with Gasteiger partial charge in [0, 0.05) is 0 Å². The summed E-state index contributed by atoms with van der Waals surface area (Å²) in [5.41, 5.74) is 0. The zero-order chi connectivity index (χ0) is 8.69. The molecule has 0 atom stereocenters. The molecular formula is C9H14N2. The molecule has 0 aliphatic rings. The third-order valence-electron chi connectivity index (χ3n) is 1.03. The summed E-state index contributed by atoms with van der Waals surface area (Å²) in [5.74, 6) is 0. The van der Waals surface area contributed by atoms with Crippen LogP contribution in [0.2, 0.25) is 0 Å². The molecule has 1 heterocycles. The number of nitrogens with zero attached hydrogens (tertiary/aromatic N) is 1. The molecule has 1 N–H and O–H groups in total. The third-order valence-corrected chi connectivity index (χ3v) is 1.03. The highest BCUT2D eigenvalue weighted by molar-refractivity contribution is 5.31. The maximum atomic E-state index is 3.96. The van der Waals surface area contributed by atoms with Gasteiger partial charge in [-0.3, -0.25) is 0 Å². The Morgan fingerprint density at radius 1 is 1.55 bits per heavy atom. The van der Waals surface area contributed by atoms with Crippen LogP contribution in [0.5, 0.6) is 0 Å². The van der Waals surface area contributed by atoms with E-state index in [9.17, 15) is 0 Å². The molecule has 1 aromatic heterocycles. The summed E-state index contributed by atoms with van der Waals surface area (Å²) in [6.07, 6.45) is 5.10. The van der Waals surface area contributed by atoms with Crippen LogP contribution in [0.25, 0.3) is 12.7 Å². The highest BCUT2D eigenvalue weighted by atomic mass is 14.8. The first-order valence-electron chi connectivity index (χ1n) is 3.65. The highest BCUT2D eigenvalue weighted by Gasteiger charge is 1.78. The predicted molar refractivity (Wildman–Crippen MR) is 49.4 cm³/mol. The Labute approximate surface area is 67.0 Å². The van der Waals surface area contributed by atoms with E-state index in [4.69, 9.17) is 0 Å². The maximum absolute atomic E-state index is 3.96. The number of hydrogen-bond donors (Lipinski definition) is 1. The first-order valence-corrected chi connectivity index (χ1v) is 3.65. The van der Waals surface area contributed by atoms with Gasteiger partial charge in [-0.1, -0.05) is 33.1 Å². The van der Waals surface area contributed by atoms with Gasteiger partial charge in [0.05, 0.1) is 17.0 Å². The molecule has 2 heteroatoms. The van der Waals surface area contributed by atoms with Gasteiger partial charge in [0.2, 0.25) is 0 Å². The topological polar surface area (TPSA) is 28.7 Å². The Morgan fingerprint density at radius 3 is 2.55 bits per heavy atom. The lowest BCUT2D eigenvalue weighted by atomic mass is 10.5. The fourth-order valence-electron chi connectivity index (χ4n) is 0.587. The van der Waals surface area contributed by atoms with Crippen LogP contribution in [-0.2, 0) is 0 Å². The molecule has 0 aliphatic carbocycles. The van der Waals surface area contributed by atoms with Crippen LogP contribution in [0, 0.1) is 0 Å². The van der Waals surface area contributed by atoms with Gasteiger partial charge in [0.25, 0.3) is 0 Å². The molecule has 11 heavy (non-hydrogen) atoms. The number of rotatable bonds is 1. The van der Waals surface area contributed by atoms with E-state index >= 15 is 0 Å². The van der Waals surface area contributed by atoms with E-state index in [1.165, 1.54) is 0 Å². The number of allylic oxidation sites excluding steroid dienone is 1. The first-order chi connectivity index (χ1) is 5.34. The van der Waals surface area contributed by atoms with Crippen LogP contribution in [-0.4, -0.2) is 9.97 Å². The molecular weight excluding hydrogens is 136 g/mol. The minimum absolute atomic E-state index is 0.829. The van der Waals surface area contributed by atoms with Crippen molar-refractivity contribution < 1.29 is 0 Å². The van der Waals surface area contributed by atoms with Gasteiger partial charge < -0.3 is 4.98 Å². The Balaban J connectivity index is 0.000000461. The Bertz CT molecular complexity index is 296. The van der Waals surface area contributed by atoms with Crippen molar-refractivity contribution >= 4 is 12.7 Å². The molecule has 0 saturated heterocycles. The molecule has 1 rings (SSSR count). The van der Waals surface area contributed by atoms with Gasteiger partial charge in [-0.25, -0.2) is 4.98 Å². The van der Waals surface area contributed by atoms with Crippen molar-refractivity contribution in [1.29, 1.82) is 0 Å². The Morgan fingerprint density at radius 2 is 2.18 bits per heavy atom. The zero-order valence-electron chi connectivity index (χ0n) is 7.09. The summed E-state index contributed by atoms with van der Waals surface area (Å²) >= 11 is 0. The summed E-state index contributed by atoms with van der Waals surface area (Å²) in [6.45, 7) is 11.2. The average molecular weight is 150 g/mol. The lowest BCUT2D eigenvalue weighted by Gasteiger charge is -1.68. The molecule has 0 unspecified atom stereocenters. The van der Waals surface area contributed by atoms with Gasteiger partial charge >= 0.3 is 0 Å². The van der Waals surface area contributed by atoms with E-state index in [2.05, 4.69) is 23.1 Å². The fraction of sp³-hybridized carbons (Fsp3) is 0.222. The summed E-state index contributed by atoms with van der Waals surface area (Å²) in [6, 6.07) is 0. The van der Waals surface area contributed by atoms with Crippen LogP contribution in [0.15, 0.2) is 19.0 Å². The van der Waals surface area contributed by atoms with Gasteiger partial charge in [-0.05, 0) is 6.08 Å². The van der Waals surface area contributed by atoms with Crippen molar-refractivity contribution in [3.63, 3.8) is 0 Å². The SMILES string of the molecule is C=C/C=c1/nc[nH]c1=C.CC. The second kappa shape index (κ2) is 5.47. The van der Waals surface area contributed by atoms with Crippen LogP contribution < -0.4 is 10.7 Å². The van der Waals surface area contributed by atoms with Crippen LogP contribution >= 0.6 is 0 Å². The zero-order valence-corrected chi connectivity index (χ0v) is 7.09. The summed E-state index contributed by atoms with van der Waals surface area (Å²) in [7, 11) is 0. The molecule has 0 aromatic carbocycles. The molecule has 2 nitrogen and oxygen atoms in total. The summed E-state index contributed by atoms with van der Waals surface area (Å²) in [4.78, 5) is 6.81. The summed E-state index contributed by atoms with van der Waals surface area (Å²) < 4.78 is 0. The number of nitrogens with one attached hydrogen (secondary N) is 1. The standard InChI is InChI=1S/C7H8N2.C2H6/c1-3-4-7-6(2)8-5-9-7;1-2/h3-5H,1-2H2,(H,8,9);1-2H3/b7-4+;. The minimum atomic E-state index is 0.829. The average Bonchev–Trinajstić information content (AvgIpc) is 2.42. The number of aromatic nitrogens is 2. The van der Waals surface area contributed by atoms with Gasteiger partial charge in [-0.15, -0.1) is 0 Å². The Kier molecular flexibility index (Phi) is 4.82. The molecule has 60 valence electrons. The van der Waals surface area contributed by atoms with Crippen LogP contribution in [0.1, 0.15) is 13.8 Å². The van der Waals surface area contributed by atoms with E-state index in [1.54, 1.807) is 18.5 Å². The van der Waals surface area contributed by atoms with Gasteiger partial charge in [0.1, 0.15) is 0 Å². The fourth-order valence-corrected chi connectivity index (χ4v) is 0.587. The Hall–Kier alpha value is -1.31.